The number of carbonyl (C=O) groups excluding carboxylic acids is 3. The lowest BCUT2D eigenvalue weighted by atomic mass is 9.92. The van der Waals surface area contributed by atoms with Gasteiger partial charge in [-0.05, 0) is 55.4 Å². The highest BCUT2D eigenvalue weighted by Gasteiger charge is 2.50. The molecule has 25 heavy (non-hydrogen) atoms. The van der Waals surface area contributed by atoms with Gasteiger partial charge in [0.15, 0.2) is 5.92 Å². The second-order valence-electron chi connectivity index (χ2n) is 6.98. The maximum Gasteiger partial charge on any atom is 0.331 e. The predicted molar refractivity (Wildman–Crippen MR) is 92.7 cm³/mol. The summed E-state index contributed by atoms with van der Waals surface area (Å²) < 4.78 is 0. The molecule has 1 N–H and O–H groups in total. The molecule has 0 radical (unpaired) electrons. The molecule has 4 rings (SSSR count). The summed E-state index contributed by atoms with van der Waals surface area (Å²) in [6.45, 7) is 0. The molecule has 130 valence electrons. The lowest BCUT2D eigenvalue weighted by Gasteiger charge is -2.36. The molecule has 2 bridgehead atoms. The molecule has 1 aromatic carbocycles. The number of nitrogens with one attached hydrogen (secondary N) is 1. The molecule has 1 heterocycles. The number of fused-ring (bicyclic) bond motifs is 2. The van der Waals surface area contributed by atoms with Crippen molar-refractivity contribution in [3.05, 3.63) is 29.3 Å². The van der Waals surface area contributed by atoms with E-state index >= 15 is 0 Å². The van der Waals surface area contributed by atoms with Gasteiger partial charge in [0.25, 0.3) is 0 Å². The van der Waals surface area contributed by atoms with Crippen LogP contribution in [0, 0.1) is 17.8 Å². The van der Waals surface area contributed by atoms with Gasteiger partial charge in [-0.25, -0.2) is 4.79 Å². The number of halogens is 1. The number of rotatable bonds is 3. The number of amides is 4. The largest absolute Gasteiger partial charge is 0.331 e. The summed E-state index contributed by atoms with van der Waals surface area (Å²) in [5, 5.41) is 2.89. The number of urea groups is 1. The standard InChI is InChI=1S/C18H18ClN3O3/c19-12-3-5-13(6-4-12)20-9-14-16(23)21-18(25)22(17(14)24)15-8-10-1-2-11(15)7-10/h3-6,9-11,14-15H,1-2,7-8H2,(H,21,23,25)/t10-,11-,14+,15-/m0/s1. The van der Waals surface area contributed by atoms with Crippen LogP contribution in [0.3, 0.4) is 0 Å². The van der Waals surface area contributed by atoms with Crippen LogP contribution >= 0.6 is 11.6 Å². The van der Waals surface area contributed by atoms with E-state index in [1.807, 2.05) is 0 Å². The second-order valence-corrected chi connectivity index (χ2v) is 7.41. The number of aliphatic imine (C=N–C) groups is 1. The van der Waals surface area contributed by atoms with Crippen LogP contribution in [-0.4, -0.2) is 35.0 Å². The normalized spacial score (nSPS) is 31.9. The Kier molecular flexibility index (Phi) is 4.07. The Labute approximate surface area is 150 Å². The molecular formula is C18H18ClN3O3. The van der Waals surface area contributed by atoms with Crippen LogP contribution in [0.4, 0.5) is 10.5 Å². The average molecular weight is 360 g/mol. The van der Waals surface area contributed by atoms with Crippen molar-refractivity contribution in [2.75, 3.05) is 0 Å². The molecule has 0 aromatic heterocycles. The van der Waals surface area contributed by atoms with Gasteiger partial charge >= 0.3 is 6.03 Å². The van der Waals surface area contributed by atoms with Crippen molar-refractivity contribution in [3.8, 4) is 0 Å². The van der Waals surface area contributed by atoms with Crippen LogP contribution in [0.5, 0.6) is 0 Å². The summed E-state index contributed by atoms with van der Waals surface area (Å²) in [7, 11) is 0. The van der Waals surface area contributed by atoms with Gasteiger partial charge in [-0.15, -0.1) is 0 Å². The first kappa shape index (κ1) is 16.3. The van der Waals surface area contributed by atoms with Gasteiger partial charge < -0.3 is 0 Å². The second kappa shape index (κ2) is 6.26. The van der Waals surface area contributed by atoms with Crippen LogP contribution in [-0.2, 0) is 9.59 Å². The Hall–Kier alpha value is -2.21. The third-order valence-electron chi connectivity index (χ3n) is 5.47. The number of barbiturate groups is 1. The van der Waals surface area contributed by atoms with Crippen LogP contribution < -0.4 is 5.32 Å². The highest BCUT2D eigenvalue weighted by atomic mass is 35.5. The zero-order valence-electron chi connectivity index (χ0n) is 13.5. The van der Waals surface area contributed by atoms with E-state index in [1.165, 1.54) is 17.5 Å². The zero-order chi connectivity index (χ0) is 17.6. The maximum absolute atomic E-state index is 12.8. The van der Waals surface area contributed by atoms with Gasteiger partial charge in [0.1, 0.15) is 0 Å². The van der Waals surface area contributed by atoms with E-state index < -0.39 is 23.8 Å². The minimum absolute atomic E-state index is 0.0919. The Bertz CT molecular complexity index is 761. The smallest absolute Gasteiger partial charge is 0.277 e. The Morgan fingerprint density at radius 2 is 1.88 bits per heavy atom. The van der Waals surface area contributed by atoms with Crippen molar-refractivity contribution in [3.63, 3.8) is 0 Å². The summed E-state index contributed by atoms with van der Waals surface area (Å²) in [5.74, 6) is -1.21. The quantitative estimate of drug-likeness (QED) is 0.665. The number of carbonyl (C=O) groups is 3. The molecule has 4 amide bonds. The third-order valence-corrected chi connectivity index (χ3v) is 5.72. The first-order valence-corrected chi connectivity index (χ1v) is 8.88. The summed E-state index contributed by atoms with van der Waals surface area (Å²) in [6, 6.07) is 6.07. The van der Waals surface area contributed by atoms with E-state index in [1.54, 1.807) is 24.3 Å². The molecule has 1 aromatic rings. The van der Waals surface area contributed by atoms with E-state index in [2.05, 4.69) is 10.3 Å². The minimum Gasteiger partial charge on any atom is -0.277 e. The third kappa shape index (κ3) is 2.95. The lowest BCUT2D eigenvalue weighted by molar-refractivity contribution is -0.141. The monoisotopic (exact) mass is 359 g/mol. The first-order valence-electron chi connectivity index (χ1n) is 8.50. The Morgan fingerprint density at radius 1 is 1.12 bits per heavy atom. The molecule has 4 atom stereocenters. The van der Waals surface area contributed by atoms with Crippen molar-refractivity contribution in [1.29, 1.82) is 0 Å². The van der Waals surface area contributed by atoms with E-state index in [0.717, 1.165) is 19.3 Å². The molecule has 2 aliphatic carbocycles. The molecule has 6 nitrogen and oxygen atoms in total. The van der Waals surface area contributed by atoms with Gasteiger partial charge in [0, 0.05) is 17.3 Å². The predicted octanol–water partition coefficient (Wildman–Crippen LogP) is 2.93. The number of benzene rings is 1. The summed E-state index contributed by atoms with van der Waals surface area (Å²) in [6.07, 6.45) is 5.45. The van der Waals surface area contributed by atoms with Crippen LogP contribution in [0.2, 0.25) is 5.02 Å². The van der Waals surface area contributed by atoms with E-state index in [4.69, 9.17) is 11.6 Å². The summed E-state index contributed by atoms with van der Waals surface area (Å²) in [5.41, 5.74) is 0.591. The fraction of sp³-hybridized carbons (Fsp3) is 0.444. The van der Waals surface area contributed by atoms with Crippen LogP contribution in [0.1, 0.15) is 25.7 Å². The summed E-state index contributed by atoms with van der Waals surface area (Å²) >= 11 is 5.83. The summed E-state index contributed by atoms with van der Waals surface area (Å²) in [4.78, 5) is 42.7. The maximum atomic E-state index is 12.8. The van der Waals surface area contributed by atoms with Crippen molar-refractivity contribution in [1.82, 2.24) is 10.2 Å². The molecule has 2 saturated carbocycles. The molecule has 0 unspecified atom stereocenters. The topological polar surface area (TPSA) is 78.8 Å². The highest BCUT2D eigenvalue weighted by molar-refractivity contribution is 6.30. The number of nitrogens with zero attached hydrogens (tertiary/aromatic N) is 2. The minimum atomic E-state index is -1.08. The fourth-order valence-electron chi connectivity index (χ4n) is 4.27. The average Bonchev–Trinajstić information content (AvgIpc) is 3.19. The first-order chi connectivity index (χ1) is 12.0. The van der Waals surface area contributed by atoms with Crippen molar-refractivity contribution < 1.29 is 14.4 Å². The van der Waals surface area contributed by atoms with Gasteiger partial charge in [-0.2, -0.15) is 0 Å². The van der Waals surface area contributed by atoms with Gasteiger partial charge in [-0.1, -0.05) is 18.0 Å². The molecule has 1 saturated heterocycles. The SMILES string of the molecule is O=C1NC(=O)N([C@H]2C[C@H]3CC[C@H]2C3)C(=O)[C@@H]1C=Nc1ccc(Cl)cc1. The fourth-order valence-corrected chi connectivity index (χ4v) is 4.39. The number of imide groups is 2. The Morgan fingerprint density at radius 3 is 2.52 bits per heavy atom. The van der Waals surface area contributed by atoms with Crippen LogP contribution in [0.15, 0.2) is 29.3 Å². The van der Waals surface area contributed by atoms with Gasteiger partial charge in [0.05, 0.1) is 5.69 Å². The van der Waals surface area contributed by atoms with E-state index in [0.29, 0.717) is 22.5 Å². The highest BCUT2D eigenvalue weighted by Crippen LogP contribution is 2.47. The lowest BCUT2D eigenvalue weighted by Crippen LogP contribution is -2.62. The van der Waals surface area contributed by atoms with Crippen molar-refractivity contribution in [2.45, 2.75) is 31.7 Å². The molecule has 3 aliphatic rings. The number of hydrogen-bond acceptors (Lipinski definition) is 4. The molecule has 0 spiro atoms. The van der Waals surface area contributed by atoms with Crippen molar-refractivity contribution >= 4 is 41.3 Å². The van der Waals surface area contributed by atoms with Crippen molar-refractivity contribution in [2.24, 2.45) is 22.7 Å². The molecule has 1 aliphatic heterocycles. The molecular weight excluding hydrogens is 342 g/mol. The van der Waals surface area contributed by atoms with E-state index in [-0.39, 0.29) is 6.04 Å². The molecule has 3 fully saturated rings. The number of hydrogen-bond donors (Lipinski definition) is 1. The van der Waals surface area contributed by atoms with Gasteiger partial charge in [-0.3, -0.25) is 24.8 Å². The zero-order valence-corrected chi connectivity index (χ0v) is 14.3. The molecule has 7 heteroatoms. The van der Waals surface area contributed by atoms with Gasteiger partial charge in [0.2, 0.25) is 11.8 Å². The Balaban J connectivity index is 1.55. The van der Waals surface area contributed by atoms with Crippen LogP contribution in [0.25, 0.3) is 0 Å². The van der Waals surface area contributed by atoms with E-state index in [9.17, 15) is 14.4 Å².